The van der Waals surface area contributed by atoms with E-state index in [4.69, 9.17) is 0 Å². The van der Waals surface area contributed by atoms with Gasteiger partial charge in [-0.1, -0.05) is 29.8 Å². The van der Waals surface area contributed by atoms with Crippen LogP contribution in [0.15, 0.2) is 61.2 Å². The summed E-state index contributed by atoms with van der Waals surface area (Å²) in [6.07, 6.45) is 0.749. The number of hydrogen-bond donors (Lipinski definition) is 0. The molecule has 0 saturated heterocycles. The van der Waals surface area contributed by atoms with Crippen LogP contribution in [0.3, 0.4) is 0 Å². The normalized spacial score (nSPS) is 11.6. The molecule has 0 fully saturated rings. The lowest BCUT2D eigenvalue weighted by Gasteiger charge is -2.09. The molecule has 0 aliphatic heterocycles. The summed E-state index contributed by atoms with van der Waals surface area (Å²) >= 11 is 0. The molecular formula is C22H18F3N5. The van der Waals surface area contributed by atoms with Gasteiger partial charge in [0.15, 0.2) is 5.82 Å². The van der Waals surface area contributed by atoms with Gasteiger partial charge < -0.3 is 0 Å². The molecule has 4 aromatic rings. The fourth-order valence-electron chi connectivity index (χ4n) is 3.26. The maximum atomic E-state index is 13.2. The predicted octanol–water partition coefficient (Wildman–Crippen LogP) is 4.95. The summed E-state index contributed by atoms with van der Waals surface area (Å²) in [7, 11) is 0. The highest BCUT2D eigenvalue weighted by molar-refractivity contribution is 5.57. The van der Waals surface area contributed by atoms with E-state index in [1.54, 1.807) is 23.1 Å². The van der Waals surface area contributed by atoms with Crippen molar-refractivity contribution in [1.82, 2.24) is 24.7 Å². The van der Waals surface area contributed by atoms with Crippen LogP contribution in [0.2, 0.25) is 0 Å². The van der Waals surface area contributed by atoms with Gasteiger partial charge in [0.05, 0.1) is 11.3 Å². The third-order valence-corrected chi connectivity index (χ3v) is 4.68. The molecule has 0 aliphatic rings. The third-order valence-electron chi connectivity index (χ3n) is 4.68. The van der Waals surface area contributed by atoms with Crippen molar-refractivity contribution in [3.05, 3.63) is 89.3 Å². The molecule has 0 N–H and O–H groups in total. The first kappa shape index (κ1) is 19.8. The van der Waals surface area contributed by atoms with Crippen LogP contribution in [-0.4, -0.2) is 24.7 Å². The fraction of sp³-hybridized carbons (Fsp3) is 0.182. The molecule has 0 amide bonds. The average Bonchev–Trinajstić information content (AvgIpc) is 3.12. The SMILES string of the molecule is Cc1ccc(-n2nc(-c3cccc(C(F)(F)F)c3)nc2Cc2cncnc2)c(C)c1. The summed E-state index contributed by atoms with van der Waals surface area (Å²) in [6, 6.07) is 11.0. The Morgan fingerprint density at radius 2 is 1.73 bits per heavy atom. The Hall–Kier alpha value is -3.55. The van der Waals surface area contributed by atoms with E-state index in [1.807, 2.05) is 32.0 Å². The number of rotatable bonds is 4. The number of nitrogens with zero attached hydrogens (tertiary/aromatic N) is 5. The zero-order valence-electron chi connectivity index (χ0n) is 16.4. The van der Waals surface area contributed by atoms with Gasteiger partial charge in [-0.15, -0.1) is 5.10 Å². The Morgan fingerprint density at radius 1 is 0.967 bits per heavy atom. The molecule has 30 heavy (non-hydrogen) atoms. The van der Waals surface area contributed by atoms with Crippen molar-refractivity contribution in [1.29, 1.82) is 0 Å². The molecule has 2 aromatic heterocycles. The molecule has 0 unspecified atom stereocenters. The van der Waals surface area contributed by atoms with Crippen LogP contribution >= 0.6 is 0 Å². The monoisotopic (exact) mass is 409 g/mol. The van der Waals surface area contributed by atoms with Gasteiger partial charge in [0.25, 0.3) is 0 Å². The second-order valence-corrected chi connectivity index (χ2v) is 7.06. The van der Waals surface area contributed by atoms with Gasteiger partial charge in [0, 0.05) is 24.4 Å². The van der Waals surface area contributed by atoms with E-state index < -0.39 is 11.7 Å². The second-order valence-electron chi connectivity index (χ2n) is 7.06. The number of alkyl halides is 3. The van der Waals surface area contributed by atoms with Crippen LogP contribution in [0.5, 0.6) is 0 Å². The Bertz CT molecular complexity index is 1180. The van der Waals surface area contributed by atoms with Gasteiger partial charge in [-0.25, -0.2) is 19.6 Å². The van der Waals surface area contributed by atoms with Crippen molar-refractivity contribution in [2.24, 2.45) is 0 Å². The lowest BCUT2D eigenvalue weighted by atomic mass is 10.1. The molecular weight excluding hydrogens is 391 g/mol. The predicted molar refractivity (Wildman–Crippen MR) is 106 cm³/mol. The summed E-state index contributed by atoms with van der Waals surface area (Å²) in [6.45, 7) is 3.96. The minimum Gasteiger partial charge on any atom is -0.245 e. The molecule has 152 valence electrons. The van der Waals surface area contributed by atoms with Gasteiger partial charge in [-0.2, -0.15) is 13.2 Å². The molecule has 0 aliphatic carbocycles. The average molecular weight is 409 g/mol. The zero-order chi connectivity index (χ0) is 21.3. The van der Waals surface area contributed by atoms with E-state index in [9.17, 15) is 13.2 Å². The highest BCUT2D eigenvalue weighted by atomic mass is 19.4. The van der Waals surface area contributed by atoms with E-state index in [2.05, 4.69) is 20.1 Å². The van der Waals surface area contributed by atoms with Crippen molar-refractivity contribution >= 4 is 0 Å². The minimum absolute atomic E-state index is 0.230. The Balaban J connectivity index is 1.84. The van der Waals surface area contributed by atoms with Gasteiger partial charge >= 0.3 is 6.18 Å². The number of hydrogen-bond acceptors (Lipinski definition) is 4. The maximum absolute atomic E-state index is 13.2. The summed E-state index contributed by atoms with van der Waals surface area (Å²) in [5.41, 5.74) is 3.30. The third kappa shape index (κ3) is 4.07. The van der Waals surface area contributed by atoms with Crippen LogP contribution in [0.25, 0.3) is 17.1 Å². The Labute approximate surface area is 171 Å². The van der Waals surface area contributed by atoms with E-state index in [0.29, 0.717) is 17.8 Å². The van der Waals surface area contributed by atoms with Crippen molar-refractivity contribution in [3.63, 3.8) is 0 Å². The molecule has 2 heterocycles. The molecule has 8 heteroatoms. The summed E-state index contributed by atoms with van der Waals surface area (Å²) in [5, 5.41) is 4.56. The van der Waals surface area contributed by atoms with Crippen LogP contribution in [0, 0.1) is 13.8 Å². The van der Waals surface area contributed by atoms with E-state index in [0.717, 1.165) is 34.5 Å². The Kier molecular flexibility index (Phi) is 5.07. The van der Waals surface area contributed by atoms with Gasteiger partial charge in [0.1, 0.15) is 12.2 Å². The fourth-order valence-corrected chi connectivity index (χ4v) is 3.26. The largest absolute Gasteiger partial charge is 0.416 e. The van der Waals surface area contributed by atoms with Crippen molar-refractivity contribution in [2.75, 3.05) is 0 Å². The molecule has 0 saturated carbocycles. The topological polar surface area (TPSA) is 56.5 Å². The van der Waals surface area contributed by atoms with Gasteiger partial charge in [-0.05, 0) is 43.2 Å². The van der Waals surface area contributed by atoms with Gasteiger partial charge in [0.2, 0.25) is 0 Å². The van der Waals surface area contributed by atoms with Crippen LogP contribution in [-0.2, 0) is 12.6 Å². The number of benzene rings is 2. The molecule has 4 rings (SSSR count). The smallest absolute Gasteiger partial charge is 0.245 e. The molecule has 0 radical (unpaired) electrons. The standard InChI is InChI=1S/C22H18F3N5/c1-14-6-7-19(15(2)8-14)30-20(9-16-11-26-13-27-12-16)28-21(29-30)17-4-3-5-18(10-17)22(23,24)25/h3-8,10-13H,9H2,1-2H3. The highest BCUT2D eigenvalue weighted by Crippen LogP contribution is 2.32. The summed E-state index contributed by atoms with van der Waals surface area (Å²) in [5.74, 6) is 0.817. The zero-order valence-corrected chi connectivity index (χ0v) is 16.4. The number of aryl methyl sites for hydroxylation is 2. The molecule has 5 nitrogen and oxygen atoms in total. The summed E-state index contributed by atoms with van der Waals surface area (Å²) < 4.78 is 41.1. The molecule has 2 aromatic carbocycles. The highest BCUT2D eigenvalue weighted by Gasteiger charge is 2.31. The number of halogens is 3. The van der Waals surface area contributed by atoms with Crippen LogP contribution in [0.1, 0.15) is 28.1 Å². The molecule has 0 bridgehead atoms. The lowest BCUT2D eigenvalue weighted by Crippen LogP contribution is -2.06. The maximum Gasteiger partial charge on any atom is 0.416 e. The van der Waals surface area contributed by atoms with Crippen molar-refractivity contribution in [3.8, 4) is 17.1 Å². The molecule has 0 atom stereocenters. The second kappa shape index (κ2) is 7.70. The van der Waals surface area contributed by atoms with Crippen molar-refractivity contribution < 1.29 is 13.2 Å². The van der Waals surface area contributed by atoms with E-state index in [1.165, 1.54) is 12.4 Å². The quantitative estimate of drug-likeness (QED) is 0.479. The lowest BCUT2D eigenvalue weighted by molar-refractivity contribution is -0.137. The van der Waals surface area contributed by atoms with Crippen molar-refractivity contribution in [2.45, 2.75) is 26.4 Å². The molecule has 0 spiro atoms. The first-order chi connectivity index (χ1) is 14.3. The van der Waals surface area contributed by atoms with Gasteiger partial charge in [-0.3, -0.25) is 0 Å². The van der Waals surface area contributed by atoms with E-state index in [-0.39, 0.29) is 5.82 Å². The van der Waals surface area contributed by atoms with Crippen LogP contribution in [0.4, 0.5) is 13.2 Å². The summed E-state index contributed by atoms with van der Waals surface area (Å²) in [4.78, 5) is 12.6. The number of aromatic nitrogens is 5. The minimum atomic E-state index is -4.43. The van der Waals surface area contributed by atoms with E-state index >= 15 is 0 Å². The first-order valence-corrected chi connectivity index (χ1v) is 9.26. The first-order valence-electron chi connectivity index (χ1n) is 9.26. The van der Waals surface area contributed by atoms with Crippen LogP contribution < -0.4 is 0 Å². The Morgan fingerprint density at radius 3 is 2.43 bits per heavy atom.